The van der Waals surface area contributed by atoms with Crippen molar-refractivity contribution in [3.8, 4) is 0 Å². The predicted octanol–water partition coefficient (Wildman–Crippen LogP) is 5.92. The lowest BCUT2D eigenvalue weighted by atomic mass is 9.90. The van der Waals surface area contributed by atoms with Crippen LogP contribution in [0.5, 0.6) is 0 Å². The topological polar surface area (TPSA) is 76.7 Å². The Bertz CT molecular complexity index is 1660. The molecule has 0 saturated carbocycles. The van der Waals surface area contributed by atoms with Gasteiger partial charge in [0.15, 0.2) is 0 Å². The van der Waals surface area contributed by atoms with Crippen LogP contribution in [-0.4, -0.2) is 68.8 Å². The molecule has 11 heteroatoms. The molecule has 2 atom stereocenters. The number of nitrogens with zero attached hydrogens (tertiary/aromatic N) is 3. The van der Waals surface area contributed by atoms with Crippen LogP contribution in [0.4, 0.5) is 4.39 Å². The highest BCUT2D eigenvalue weighted by atomic mass is 35.5. The highest BCUT2D eigenvalue weighted by molar-refractivity contribution is 8.01. The average Bonchev–Trinajstić information content (AvgIpc) is 3.52. The molecule has 7 nitrogen and oxygen atoms in total. The molecule has 216 valence electrons. The fraction of sp³-hybridized carbons (Fsp3) is 0.258. The van der Waals surface area contributed by atoms with Crippen molar-refractivity contribution >= 4 is 64.1 Å². The molecule has 1 aromatic heterocycles. The number of aromatic amines is 1. The molecule has 2 aliphatic heterocycles. The maximum atomic E-state index is 14.8. The van der Waals surface area contributed by atoms with E-state index in [1.165, 1.54) is 23.9 Å². The molecular formula is C31H27Cl2FN4O3S. The summed E-state index contributed by atoms with van der Waals surface area (Å²) in [7, 11) is 0. The predicted molar refractivity (Wildman–Crippen MR) is 162 cm³/mol. The summed E-state index contributed by atoms with van der Waals surface area (Å²) in [6.07, 6.45) is 2.57. The van der Waals surface area contributed by atoms with Gasteiger partial charge in [0.05, 0.1) is 17.5 Å². The van der Waals surface area contributed by atoms with E-state index in [1.807, 2.05) is 48.7 Å². The first kappa shape index (κ1) is 28.6. The number of H-pyrrole nitrogens is 1. The van der Waals surface area contributed by atoms with E-state index in [-0.39, 0.29) is 29.8 Å². The van der Waals surface area contributed by atoms with E-state index in [4.69, 9.17) is 23.2 Å². The Morgan fingerprint density at radius 2 is 1.81 bits per heavy atom. The lowest BCUT2D eigenvalue weighted by Crippen LogP contribution is -2.56. The van der Waals surface area contributed by atoms with E-state index in [0.717, 1.165) is 27.8 Å². The van der Waals surface area contributed by atoms with Crippen LogP contribution in [-0.2, 0) is 20.9 Å². The Balaban J connectivity index is 1.51. The number of likely N-dealkylation sites (tertiary alicyclic amines) is 1. The molecule has 2 fully saturated rings. The minimum Gasteiger partial charge on any atom is -0.361 e. The van der Waals surface area contributed by atoms with Crippen LogP contribution in [0.1, 0.15) is 23.6 Å². The van der Waals surface area contributed by atoms with E-state index in [9.17, 15) is 18.8 Å². The number of piperazine rings is 1. The number of hydrogen-bond donors (Lipinski definition) is 1. The van der Waals surface area contributed by atoms with E-state index < -0.39 is 16.6 Å². The molecule has 3 heterocycles. The van der Waals surface area contributed by atoms with Crippen LogP contribution in [0.25, 0.3) is 10.9 Å². The molecule has 42 heavy (non-hydrogen) atoms. The fourth-order valence-electron chi connectivity index (χ4n) is 5.92. The number of aromatic nitrogens is 1. The van der Waals surface area contributed by atoms with Crippen molar-refractivity contribution in [1.29, 1.82) is 0 Å². The monoisotopic (exact) mass is 624 g/mol. The number of fused-ring (bicyclic) bond motifs is 1. The summed E-state index contributed by atoms with van der Waals surface area (Å²) in [5.41, 5.74) is 2.11. The number of carbonyl (C=O) groups excluding carboxylic acids is 3. The van der Waals surface area contributed by atoms with Crippen LogP contribution < -0.4 is 0 Å². The van der Waals surface area contributed by atoms with Crippen molar-refractivity contribution in [3.63, 3.8) is 0 Å². The number of benzene rings is 3. The molecule has 1 N–H and O–H groups in total. The summed E-state index contributed by atoms with van der Waals surface area (Å²) in [6.45, 7) is 1.64. The maximum Gasteiger partial charge on any atom is 0.242 e. The van der Waals surface area contributed by atoms with Gasteiger partial charge in [0.2, 0.25) is 18.2 Å². The highest BCUT2D eigenvalue weighted by Gasteiger charge is 2.59. The van der Waals surface area contributed by atoms with Crippen LogP contribution in [0, 0.1) is 5.82 Å². The quantitative estimate of drug-likeness (QED) is 0.259. The zero-order valence-corrected chi connectivity index (χ0v) is 24.8. The van der Waals surface area contributed by atoms with Gasteiger partial charge in [0.1, 0.15) is 10.6 Å². The van der Waals surface area contributed by atoms with Crippen LogP contribution in [0.2, 0.25) is 10.0 Å². The molecule has 0 spiro atoms. The third kappa shape index (κ3) is 5.25. The first-order valence-corrected chi connectivity index (χ1v) is 15.1. The van der Waals surface area contributed by atoms with Gasteiger partial charge in [-0.15, -0.1) is 11.8 Å². The molecule has 4 aromatic rings. The lowest BCUT2D eigenvalue weighted by molar-refractivity contribution is -0.138. The summed E-state index contributed by atoms with van der Waals surface area (Å²) < 4.78 is 13.2. The number of halogens is 3. The van der Waals surface area contributed by atoms with Crippen molar-refractivity contribution in [2.45, 2.75) is 28.6 Å². The van der Waals surface area contributed by atoms with Crippen LogP contribution >= 0.6 is 35.0 Å². The largest absolute Gasteiger partial charge is 0.361 e. The van der Waals surface area contributed by atoms with Gasteiger partial charge >= 0.3 is 0 Å². The Hall–Kier alpha value is -3.53. The van der Waals surface area contributed by atoms with Gasteiger partial charge in [-0.2, -0.15) is 0 Å². The van der Waals surface area contributed by atoms with Crippen molar-refractivity contribution in [2.24, 2.45) is 0 Å². The van der Waals surface area contributed by atoms with Crippen molar-refractivity contribution in [2.75, 3.05) is 26.2 Å². The number of nitrogens with one attached hydrogen (secondary N) is 1. The lowest BCUT2D eigenvalue weighted by Gasteiger charge is -2.42. The zero-order chi connectivity index (χ0) is 29.4. The smallest absolute Gasteiger partial charge is 0.242 e. The summed E-state index contributed by atoms with van der Waals surface area (Å²) in [6, 6.07) is 18.8. The van der Waals surface area contributed by atoms with Gasteiger partial charge in [0, 0.05) is 65.3 Å². The van der Waals surface area contributed by atoms with Gasteiger partial charge in [0.25, 0.3) is 0 Å². The average molecular weight is 626 g/mol. The van der Waals surface area contributed by atoms with E-state index in [1.54, 1.807) is 26.8 Å². The summed E-state index contributed by atoms with van der Waals surface area (Å²) in [4.78, 5) is 49.4. The van der Waals surface area contributed by atoms with Gasteiger partial charge in [-0.05, 0) is 42.0 Å². The Morgan fingerprint density at radius 3 is 2.52 bits per heavy atom. The molecule has 2 saturated heterocycles. The van der Waals surface area contributed by atoms with Gasteiger partial charge in [-0.3, -0.25) is 14.4 Å². The van der Waals surface area contributed by atoms with E-state index in [0.29, 0.717) is 36.8 Å². The number of thioether (sulfide) groups is 1. The van der Waals surface area contributed by atoms with Crippen LogP contribution in [0.3, 0.4) is 0 Å². The first-order valence-electron chi connectivity index (χ1n) is 13.5. The van der Waals surface area contributed by atoms with Crippen LogP contribution in [0.15, 0.2) is 77.8 Å². The Morgan fingerprint density at radius 1 is 1.05 bits per heavy atom. The maximum absolute atomic E-state index is 14.8. The second-order valence-corrected chi connectivity index (χ2v) is 12.8. The normalized spacial score (nSPS) is 20.9. The van der Waals surface area contributed by atoms with Crippen molar-refractivity contribution < 1.29 is 18.8 Å². The second kappa shape index (κ2) is 11.6. The molecule has 2 unspecified atom stereocenters. The number of rotatable bonds is 7. The third-order valence-electron chi connectivity index (χ3n) is 7.95. The SMILES string of the molecule is O=CN1CCN(C(=O)C2(Sc3ccccc3)CC(=O)N(Cc3ccc(Cl)c(F)c3)C2c2c[nH]c3cc(Cl)ccc23)CC1. The van der Waals surface area contributed by atoms with Gasteiger partial charge < -0.3 is 19.7 Å². The van der Waals surface area contributed by atoms with Gasteiger partial charge in [-0.25, -0.2) is 4.39 Å². The number of hydrogen-bond acceptors (Lipinski definition) is 4. The fourth-order valence-corrected chi connectivity index (χ4v) is 7.71. The second-order valence-electron chi connectivity index (χ2n) is 10.5. The standard InChI is InChI=1S/C31H27Cl2FN4O3S/c32-21-7-8-23-24(17-35-27(23)15-21)29-31(42-22-4-2-1-3-5-22,30(41)37-12-10-36(19-39)11-13-37)16-28(40)38(29)18-20-6-9-25(33)26(34)14-20/h1-9,14-15,17,19,29,35H,10-13,16,18H2. The molecule has 2 aliphatic rings. The first-order chi connectivity index (χ1) is 20.3. The van der Waals surface area contributed by atoms with E-state index in [2.05, 4.69) is 4.98 Å². The molecular weight excluding hydrogens is 598 g/mol. The Kier molecular flexibility index (Phi) is 7.91. The van der Waals surface area contributed by atoms with Gasteiger partial charge in [-0.1, -0.05) is 53.5 Å². The molecule has 0 radical (unpaired) electrons. The summed E-state index contributed by atoms with van der Waals surface area (Å²) >= 11 is 13.6. The minimum atomic E-state index is -1.25. The minimum absolute atomic E-state index is 0.00446. The Labute approximate surface area is 256 Å². The third-order valence-corrected chi connectivity index (χ3v) is 9.91. The number of carbonyl (C=O) groups is 3. The van der Waals surface area contributed by atoms with E-state index >= 15 is 0 Å². The molecule has 0 aliphatic carbocycles. The highest BCUT2D eigenvalue weighted by Crippen LogP contribution is 2.55. The molecule has 0 bridgehead atoms. The zero-order valence-electron chi connectivity index (χ0n) is 22.4. The van der Waals surface area contributed by atoms with Crippen molar-refractivity contribution in [3.05, 3.63) is 99.9 Å². The summed E-state index contributed by atoms with van der Waals surface area (Å²) in [5, 5.41) is 1.39. The molecule has 3 amide bonds. The van der Waals surface area contributed by atoms with Crippen molar-refractivity contribution in [1.82, 2.24) is 19.7 Å². The number of amides is 3. The summed E-state index contributed by atoms with van der Waals surface area (Å²) in [5.74, 6) is -0.969. The molecule has 3 aromatic carbocycles. The molecule has 6 rings (SSSR count).